The summed E-state index contributed by atoms with van der Waals surface area (Å²) in [4.78, 5) is 10.9. The van der Waals surface area contributed by atoms with Crippen LogP contribution in [-0.2, 0) is 14.3 Å². The van der Waals surface area contributed by atoms with Crippen molar-refractivity contribution in [2.24, 2.45) is 0 Å². The maximum absolute atomic E-state index is 10.9. The van der Waals surface area contributed by atoms with Gasteiger partial charge in [-0.3, -0.25) is 4.79 Å². The number of carbonyl (C=O) groups excluding carboxylic acids is 1. The van der Waals surface area contributed by atoms with E-state index in [-0.39, 0.29) is 6.79 Å². The molecule has 0 aromatic heterocycles. The zero-order chi connectivity index (χ0) is 14.0. The second-order valence-electron chi connectivity index (χ2n) is 4.00. The Labute approximate surface area is 127 Å². The Kier molecular flexibility index (Phi) is 7.50. The van der Waals surface area contributed by atoms with Gasteiger partial charge in [0, 0.05) is 36.1 Å². The Hall–Kier alpha value is -1.08. The van der Waals surface area contributed by atoms with E-state index < -0.39 is 5.60 Å². The number of allylic oxidation sites excluding steroid dienone is 3. The molecule has 1 atom stereocenters. The molecule has 0 spiro atoms. The minimum atomic E-state index is -0.636. The Morgan fingerprint density at radius 1 is 1.47 bits per heavy atom. The van der Waals surface area contributed by atoms with Crippen LogP contribution in [0.2, 0.25) is 0 Å². The number of ether oxygens (including phenoxy) is 2. The van der Waals surface area contributed by atoms with E-state index in [0.29, 0.717) is 6.42 Å². The summed E-state index contributed by atoms with van der Waals surface area (Å²) >= 11 is 1.96. The molecule has 1 aliphatic rings. The van der Waals surface area contributed by atoms with Crippen LogP contribution in [0.3, 0.4) is 0 Å². The minimum Gasteiger partial charge on any atom is -0.359 e. The average Bonchev–Trinajstić information content (AvgIpc) is 2.45. The van der Waals surface area contributed by atoms with Crippen LogP contribution in [0.15, 0.2) is 23.8 Å². The molecule has 1 unspecified atom stereocenters. The van der Waals surface area contributed by atoms with Crippen LogP contribution in [0.5, 0.6) is 0 Å². The van der Waals surface area contributed by atoms with Crippen LogP contribution in [0.4, 0.5) is 0 Å². The molecule has 1 rings (SSSR count). The second-order valence-corrected chi connectivity index (χ2v) is 4.54. The topological polar surface area (TPSA) is 35.5 Å². The van der Waals surface area contributed by atoms with E-state index in [1.54, 1.807) is 19.3 Å². The van der Waals surface area contributed by atoms with Gasteiger partial charge in [-0.2, -0.15) is 0 Å². The zero-order valence-electron chi connectivity index (χ0n) is 10.7. The fourth-order valence-corrected chi connectivity index (χ4v) is 1.98. The molecule has 0 fully saturated rings. The van der Waals surface area contributed by atoms with Crippen LogP contribution >= 0.6 is 22.6 Å². The molecule has 4 heteroatoms. The molecule has 0 saturated heterocycles. The fourth-order valence-electron chi connectivity index (χ4n) is 1.80. The van der Waals surface area contributed by atoms with Crippen LogP contribution in [-0.4, -0.2) is 25.8 Å². The summed E-state index contributed by atoms with van der Waals surface area (Å²) < 4.78 is 13.4. The summed E-state index contributed by atoms with van der Waals surface area (Å²) in [5.41, 5.74) is 0.0935. The standard InChI is InChI=1S/C15H15IO3/c1-18-13-19-15(8-4-2-3-5-10-16)9-6-7-14(11-15)12-17/h2-3,7,12H,6,9,11,13H2,1H3/b3-2-. The van der Waals surface area contributed by atoms with Crippen molar-refractivity contribution in [1.29, 1.82) is 0 Å². The summed E-state index contributed by atoms with van der Waals surface area (Å²) in [6.07, 6.45) is 8.20. The van der Waals surface area contributed by atoms with E-state index in [4.69, 9.17) is 9.47 Å². The number of rotatable bonds is 4. The quantitative estimate of drug-likeness (QED) is 0.330. The van der Waals surface area contributed by atoms with E-state index >= 15 is 0 Å². The largest absolute Gasteiger partial charge is 0.359 e. The Morgan fingerprint density at radius 3 is 2.95 bits per heavy atom. The van der Waals surface area contributed by atoms with Gasteiger partial charge >= 0.3 is 0 Å². The molecule has 100 valence electrons. The molecule has 0 aromatic carbocycles. The molecule has 3 nitrogen and oxygen atoms in total. The van der Waals surface area contributed by atoms with Crippen LogP contribution in [0.1, 0.15) is 19.3 Å². The molecule has 0 saturated carbocycles. The van der Waals surface area contributed by atoms with Crippen molar-refractivity contribution in [3.8, 4) is 21.7 Å². The predicted octanol–water partition coefficient (Wildman–Crippen LogP) is 2.61. The first kappa shape index (κ1) is 16.0. The van der Waals surface area contributed by atoms with Gasteiger partial charge in [-0.25, -0.2) is 0 Å². The molecule has 1 aliphatic carbocycles. The monoisotopic (exact) mass is 370 g/mol. The number of methoxy groups -OCH3 is 1. The highest BCUT2D eigenvalue weighted by molar-refractivity contribution is 14.1. The van der Waals surface area contributed by atoms with Gasteiger partial charge in [0.25, 0.3) is 0 Å². The van der Waals surface area contributed by atoms with Crippen LogP contribution in [0.25, 0.3) is 0 Å². The molecule has 0 aliphatic heterocycles. The van der Waals surface area contributed by atoms with Crippen molar-refractivity contribution in [3.05, 3.63) is 23.8 Å². The highest BCUT2D eigenvalue weighted by atomic mass is 127. The van der Waals surface area contributed by atoms with Crippen molar-refractivity contribution >= 4 is 28.9 Å². The number of hydrogen-bond acceptors (Lipinski definition) is 3. The first-order valence-electron chi connectivity index (χ1n) is 5.82. The lowest BCUT2D eigenvalue weighted by Gasteiger charge is -2.31. The van der Waals surface area contributed by atoms with Crippen molar-refractivity contribution in [1.82, 2.24) is 0 Å². The van der Waals surface area contributed by atoms with Crippen molar-refractivity contribution < 1.29 is 14.3 Å². The van der Waals surface area contributed by atoms with Gasteiger partial charge in [-0.05, 0) is 34.5 Å². The lowest BCUT2D eigenvalue weighted by molar-refractivity contribution is -0.114. The first-order chi connectivity index (χ1) is 9.26. The maximum Gasteiger partial charge on any atom is 0.148 e. The highest BCUT2D eigenvalue weighted by Crippen LogP contribution is 2.30. The van der Waals surface area contributed by atoms with E-state index in [1.165, 1.54) is 0 Å². The number of hydrogen-bond donors (Lipinski definition) is 0. The summed E-state index contributed by atoms with van der Waals surface area (Å²) in [6.45, 7) is 0.165. The second kappa shape index (κ2) is 8.92. The number of halogens is 1. The molecule has 0 aromatic rings. The van der Waals surface area contributed by atoms with Gasteiger partial charge in [0.05, 0.1) is 0 Å². The van der Waals surface area contributed by atoms with Gasteiger partial charge in [0.15, 0.2) is 0 Å². The van der Waals surface area contributed by atoms with E-state index in [2.05, 4.69) is 21.7 Å². The van der Waals surface area contributed by atoms with Crippen LogP contribution in [0, 0.1) is 21.7 Å². The van der Waals surface area contributed by atoms with Crippen molar-refractivity contribution in [2.45, 2.75) is 24.9 Å². The number of carbonyl (C=O) groups is 1. The molecular formula is C15H15IO3. The zero-order valence-corrected chi connectivity index (χ0v) is 12.9. The highest BCUT2D eigenvalue weighted by Gasteiger charge is 2.32. The van der Waals surface area contributed by atoms with E-state index in [0.717, 1.165) is 24.7 Å². The molecular weight excluding hydrogens is 355 g/mol. The molecule has 0 heterocycles. The van der Waals surface area contributed by atoms with Crippen molar-refractivity contribution in [2.75, 3.05) is 13.9 Å². The van der Waals surface area contributed by atoms with E-state index in [1.807, 2.05) is 28.7 Å². The molecule has 0 bridgehead atoms. The van der Waals surface area contributed by atoms with Gasteiger partial charge in [-0.15, -0.1) is 0 Å². The fraction of sp³-hybridized carbons (Fsp3) is 0.400. The third kappa shape index (κ3) is 5.61. The Bertz CT molecular complexity index is 485. The smallest absolute Gasteiger partial charge is 0.148 e. The van der Waals surface area contributed by atoms with Gasteiger partial charge in [0.2, 0.25) is 0 Å². The average molecular weight is 370 g/mol. The van der Waals surface area contributed by atoms with Gasteiger partial charge in [0.1, 0.15) is 18.7 Å². The van der Waals surface area contributed by atoms with E-state index in [9.17, 15) is 4.79 Å². The first-order valence-corrected chi connectivity index (χ1v) is 6.90. The molecule has 0 radical (unpaired) electrons. The van der Waals surface area contributed by atoms with Crippen LogP contribution < -0.4 is 0 Å². The summed E-state index contributed by atoms with van der Waals surface area (Å²) in [5, 5.41) is 0. The van der Waals surface area contributed by atoms with Crippen molar-refractivity contribution in [3.63, 3.8) is 0 Å². The normalized spacial score (nSPS) is 21.9. The summed E-state index contributed by atoms with van der Waals surface area (Å²) in [6, 6.07) is 0. The maximum atomic E-state index is 10.9. The van der Waals surface area contributed by atoms with Gasteiger partial charge in [-0.1, -0.05) is 23.8 Å². The Morgan fingerprint density at radius 2 is 2.26 bits per heavy atom. The SMILES string of the molecule is COCOC1(C#C/C=C\C#CI)CCC=C(C=O)C1. The molecule has 19 heavy (non-hydrogen) atoms. The lowest BCUT2D eigenvalue weighted by Crippen LogP contribution is -2.34. The van der Waals surface area contributed by atoms with Gasteiger partial charge < -0.3 is 9.47 Å². The predicted molar refractivity (Wildman–Crippen MR) is 82.4 cm³/mol. The summed E-state index contributed by atoms with van der Waals surface area (Å²) in [7, 11) is 1.57. The molecule has 0 amide bonds. The minimum absolute atomic E-state index is 0.165. The number of aldehydes is 1. The third-order valence-electron chi connectivity index (χ3n) is 2.65. The molecule has 0 N–H and O–H groups in total. The Balaban J connectivity index is 2.83. The lowest BCUT2D eigenvalue weighted by atomic mass is 9.85. The third-order valence-corrected chi connectivity index (χ3v) is 2.96. The summed E-state index contributed by atoms with van der Waals surface area (Å²) in [5.74, 6) is 8.79.